The zero-order valence-electron chi connectivity index (χ0n) is 3.85. The van der Waals surface area contributed by atoms with E-state index in [0.29, 0.717) is 0 Å². The number of nitrogens with two attached hydrogens (primary N) is 1. The van der Waals surface area contributed by atoms with Gasteiger partial charge in [-0.15, -0.1) is 0 Å². The van der Waals surface area contributed by atoms with Gasteiger partial charge in [0.05, 0.1) is 6.61 Å². The Morgan fingerprint density at radius 2 is 2.12 bits per heavy atom. The van der Waals surface area contributed by atoms with E-state index in [1.54, 1.807) is 0 Å². The van der Waals surface area contributed by atoms with Crippen LogP contribution in [0.4, 0.5) is 0 Å². The molecular weight excluding hydrogens is 117 g/mol. The molecule has 0 fully saturated rings. The quantitative estimate of drug-likeness (QED) is 0.344. The second-order valence-corrected chi connectivity index (χ2v) is 1.13. The van der Waals surface area contributed by atoms with E-state index >= 15 is 0 Å². The Kier molecular flexibility index (Phi) is 7.32. The molecule has 3 nitrogen and oxygen atoms in total. The van der Waals surface area contributed by atoms with E-state index in [1.165, 1.54) is 0 Å². The number of amides is 1. The molecular formula is C4H8NNaO2. The summed E-state index contributed by atoms with van der Waals surface area (Å²) in [6.45, 7) is 2.80. The number of aliphatic hydroxyl groups excluding tert-OH is 1. The molecule has 0 aliphatic rings. The van der Waals surface area contributed by atoms with Gasteiger partial charge in [-0.2, -0.15) is 0 Å². The van der Waals surface area contributed by atoms with Gasteiger partial charge in [0.2, 0.25) is 5.91 Å². The van der Waals surface area contributed by atoms with Gasteiger partial charge < -0.3 is 10.8 Å². The van der Waals surface area contributed by atoms with Crippen molar-refractivity contribution in [2.75, 3.05) is 6.61 Å². The Hall–Kier alpha value is 0.170. The Balaban J connectivity index is 0. The molecule has 0 unspecified atom stereocenters. The molecule has 42 valence electrons. The molecule has 0 aromatic carbocycles. The van der Waals surface area contributed by atoms with Gasteiger partial charge in [-0.05, 0) is 0 Å². The van der Waals surface area contributed by atoms with E-state index in [1.807, 2.05) is 0 Å². The number of primary amides is 1. The summed E-state index contributed by atoms with van der Waals surface area (Å²) in [5.41, 5.74) is 4.69. The third-order valence-corrected chi connectivity index (χ3v) is 0.539. The molecule has 0 spiro atoms. The summed E-state index contributed by atoms with van der Waals surface area (Å²) in [4.78, 5) is 9.89. The van der Waals surface area contributed by atoms with Crippen LogP contribution in [0.3, 0.4) is 0 Å². The van der Waals surface area contributed by atoms with Crippen LogP contribution in [0.25, 0.3) is 0 Å². The van der Waals surface area contributed by atoms with Crippen LogP contribution in [0, 0.1) is 0 Å². The molecule has 0 rings (SSSR count). The third kappa shape index (κ3) is 4.33. The molecule has 1 amide bonds. The van der Waals surface area contributed by atoms with Crippen LogP contribution in [0.15, 0.2) is 12.2 Å². The molecule has 4 heteroatoms. The van der Waals surface area contributed by atoms with Gasteiger partial charge in [0.25, 0.3) is 0 Å². The molecule has 0 heterocycles. The van der Waals surface area contributed by atoms with E-state index in [0.717, 1.165) is 0 Å². The van der Waals surface area contributed by atoms with Gasteiger partial charge in [0.1, 0.15) is 0 Å². The molecule has 0 saturated carbocycles. The zero-order chi connectivity index (χ0) is 5.86. The van der Waals surface area contributed by atoms with Crippen molar-refractivity contribution in [1.82, 2.24) is 0 Å². The van der Waals surface area contributed by atoms with Gasteiger partial charge in [0, 0.05) is 5.57 Å². The molecule has 8 heavy (non-hydrogen) atoms. The molecule has 0 saturated heterocycles. The first-order valence-corrected chi connectivity index (χ1v) is 1.77. The van der Waals surface area contributed by atoms with Crippen LogP contribution < -0.4 is 5.73 Å². The monoisotopic (exact) mass is 125 g/mol. The summed E-state index contributed by atoms with van der Waals surface area (Å²) < 4.78 is 0. The fourth-order valence-corrected chi connectivity index (χ4v) is 0.0779. The van der Waals surface area contributed by atoms with Crippen LogP contribution in [-0.2, 0) is 4.79 Å². The summed E-state index contributed by atoms with van der Waals surface area (Å²) in [6, 6.07) is 0. The number of aliphatic hydroxyl groups is 1. The number of hydrogen-bond donors (Lipinski definition) is 2. The second-order valence-electron chi connectivity index (χ2n) is 1.13. The van der Waals surface area contributed by atoms with Crippen molar-refractivity contribution in [1.29, 1.82) is 0 Å². The van der Waals surface area contributed by atoms with Gasteiger partial charge in [-0.3, -0.25) is 4.79 Å². The third-order valence-electron chi connectivity index (χ3n) is 0.539. The number of hydrogen-bond acceptors (Lipinski definition) is 2. The zero-order valence-corrected chi connectivity index (χ0v) is 3.85. The van der Waals surface area contributed by atoms with Crippen LogP contribution in [0.1, 0.15) is 0 Å². The molecule has 0 atom stereocenters. The topological polar surface area (TPSA) is 63.3 Å². The van der Waals surface area contributed by atoms with Crippen molar-refractivity contribution in [2.24, 2.45) is 5.73 Å². The standard InChI is InChI=1S/C4H7NO2.Na.H/c1-3(2-6)4(5)7;;/h6H,1-2H2,(H2,5,7);;. The minimum absolute atomic E-state index is 0. The summed E-state index contributed by atoms with van der Waals surface area (Å²) in [6.07, 6.45) is 0. The van der Waals surface area contributed by atoms with E-state index < -0.39 is 5.91 Å². The van der Waals surface area contributed by atoms with E-state index in [-0.39, 0.29) is 41.7 Å². The van der Waals surface area contributed by atoms with Crippen molar-refractivity contribution >= 4 is 35.5 Å². The van der Waals surface area contributed by atoms with Crippen LogP contribution in [-0.4, -0.2) is 47.2 Å². The first-order chi connectivity index (χ1) is 3.18. The van der Waals surface area contributed by atoms with Gasteiger partial charge in [-0.25, -0.2) is 0 Å². The van der Waals surface area contributed by atoms with Gasteiger partial charge in [0.15, 0.2) is 0 Å². The Labute approximate surface area is 69.9 Å². The second kappa shape index (κ2) is 5.31. The summed E-state index contributed by atoms with van der Waals surface area (Å²) in [7, 11) is 0. The Morgan fingerprint density at radius 1 is 1.75 bits per heavy atom. The van der Waals surface area contributed by atoms with Crippen LogP contribution in [0.2, 0.25) is 0 Å². The van der Waals surface area contributed by atoms with E-state index in [4.69, 9.17) is 5.11 Å². The first-order valence-electron chi connectivity index (χ1n) is 1.77. The van der Waals surface area contributed by atoms with E-state index in [2.05, 4.69) is 12.3 Å². The normalized spacial score (nSPS) is 7.12. The Bertz CT molecular complexity index is 102. The van der Waals surface area contributed by atoms with Crippen molar-refractivity contribution < 1.29 is 9.90 Å². The first kappa shape index (κ1) is 11.0. The molecule has 0 bridgehead atoms. The fourth-order valence-electron chi connectivity index (χ4n) is 0.0779. The molecule has 0 aliphatic carbocycles. The fraction of sp³-hybridized carbons (Fsp3) is 0.250. The molecule has 0 aliphatic heterocycles. The predicted molar refractivity (Wildman–Crippen MR) is 32.6 cm³/mol. The van der Waals surface area contributed by atoms with Gasteiger partial charge >= 0.3 is 29.6 Å². The average molecular weight is 125 g/mol. The number of carbonyl (C=O) groups excluding carboxylic acids is 1. The van der Waals surface area contributed by atoms with Crippen LogP contribution in [0.5, 0.6) is 0 Å². The summed E-state index contributed by atoms with van der Waals surface area (Å²) >= 11 is 0. The average Bonchev–Trinajstić information content (AvgIpc) is 1.65. The van der Waals surface area contributed by atoms with Crippen molar-refractivity contribution in [2.45, 2.75) is 0 Å². The summed E-state index contributed by atoms with van der Waals surface area (Å²) in [5.74, 6) is -0.650. The maximum absolute atomic E-state index is 9.89. The Morgan fingerprint density at radius 3 is 2.12 bits per heavy atom. The number of carbonyl (C=O) groups is 1. The van der Waals surface area contributed by atoms with Crippen molar-refractivity contribution in [3.63, 3.8) is 0 Å². The predicted octanol–water partition coefficient (Wildman–Crippen LogP) is -1.63. The molecule has 0 aromatic rings. The minimum atomic E-state index is -0.650. The molecule has 3 N–H and O–H groups in total. The SMILES string of the molecule is C=C(CO)C(N)=O.[NaH]. The van der Waals surface area contributed by atoms with Crippen molar-refractivity contribution in [3.05, 3.63) is 12.2 Å². The number of rotatable bonds is 2. The van der Waals surface area contributed by atoms with Gasteiger partial charge in [-0.1, -0.05) is 6.58 Å². The van der Waals surface area contributed by atoms with Crippen LogP contribution >= 0.6 is 0 Å². The maximum atomic E-state index is 9.89. The van der Waals surface area contributed by atoms with E-state index in [9.17, 15) is 4.79 Å². The summed E-state index contributed by atoms with van der Waals surface area (Å²) in [5, 5.41) is 8.10. The molecule has 0 radical (unpaired) electrons. The molecule has 0 aromatic heterocycles. The van der Waals surface area contributed by atoms with Crippen molar-refractivity contribution in [3.8, 4) is 0 Å².